The Balaban J connectivity index is 1.48. The molecule has 0 atom stereocenters. The summed E-state index contributed by atoms with van der Waals surface area (Å²) in [5.74, 6) is -0.940. The van der Waals surface area contributed by atoms with Crippen molar-refractivity contribution in [3.63, 3.8) is 0 Å². The molecule has 4 aromatic rings. The van der Waals surface area contributed by atoms with Crippen LogP contribution in [0, 0.1) is 6.92 Å². The molecule has 34 heavy (non-hydrogen) atoms. The fourth-order valence-electron chi connectivity index (χ4n) is 4.45. The summed E-state index contributed by atoms with van der Waals surface area (Å²) in [6.07, 6.45) is 5.13. The van der Waals surface area contributed by atoms with Gasteiger partial charge in [-0.2, -0.15) is 0 Å². The maximum atomic E-state index is 13.4. The third-order valence-electron chi connectivity index (χ3n) is 5.97. The molecule has 0 bridgehead atoms. The molecule has 3 heterocycles. The molecule has 1 aliphatic rings. The van der Waals surface area contributed by atoms with Crippen molar-refractivity contribution >= 4 is 65.6 Å². The number of nitrogens with two attached hydrogens (primary N) is 1. The molecule has 0 saturated carbocycles. The normalized spacial score (nSPS) is 13.1. The van der Waals surface area contributed by atoms with Crippen molar-refractivity contribution in [2.75, 3.05) is 5.32 Å². The average molecular weight is 557 g/mol. The van der Waals surface area contributed by atoms with Crippen molar-refractivity contribution in [2.24, 2.45) is 5.73 Å². The van der Waals surface area contributed by atoms with E-state index in [1.165, 1.54) is 33.6 Å². The van der Waals surface area contributed by atoms with Gasteiger partial charge in [0.25, 0.3) is 11.5 Å². The number of primary amides is 1. The highest BCUT2D eigenvalue weighted by Crippen LogP contribution is 2.38. The fourth-order valence-corrected chi connectivity index (χ4v) is 7.03. The summed E-state index contributed by atoms with van der Waals surface area (Å²) >= 11 is 6.30. The summed E-state index contributed by atoms with van der Waals surface area (Å²) in [6, 6.07) is 7.76. The SMILES string of the molecule is Cc1sc2ncn(CC(=O)Nc3sc4c(c3C(N)=O)CCCC4)c(=O)c2c1-c1ccc(Br)cc1. The van der Waals surface area contributed by atoms with Crippen molar-refractivity contribution in [2.45, 2.75) is 39.2 Å². The second-order valence-corrected chi connectivity index (χ2v) is 11.4. The Bertz CT molecular complexity index is 1500. The number of aryl methyl sites for hydroxylation is 2. The number of nitrogens with one attached hydrogen (secondary N) is 1. The molecule has 0 radical (unpaired) electrons. The molecule has 7 nitrogen and oxygen atoms in total. The maximum Gasteiger partial charge on any atom is 0.263 e. The average Bonchev–Trinajstić information content (AvgIpc) is 3.33. The van der Waals surface area contributed by atoms with E-state index in [9.17, 15) is 14.4 Å². The standard InChI is InChI=1S/C24H21BrN4O3S2/c1-12-18(13-6-8-14(25)9-7-13)20-22(33-12)27-11-29(24(20)32)10-17(30)28-23-19(21(26)31)15-4-2-3-5-16(15)34-23/h6-9,11H,2-5,10H2,1H3,(H2,26,31)(H,28,30). The van der Waals surface area contributed by atoms with Crippen LogP contribution in [0.25, 0.3) is 21.3 Å². The lowest BCUT2D eigenvalue weighted by molar-refractivity contribution is -0.116. The van der Waals surface area contributed by atoms with Crippen LogP contribution in [-0.4, -0.2) is 21.4 Å². The monoisotopic (exact) mass is 556 g/mol. The Morgan fingerprint density at radius 1 is 1.18 bits per heavy atom. The highest BCUT2D eigenvalue weighted by atomic mass is 79.9. The van der Waals surface area contributed by atoms with E-state index in [1.54, 1.807) is 0 Å². The van der Waals surface area contributed by atoms with Crippen molar-refractivity contribution in [1.82, 2.24) is 9.55 Å². The summed E-state index contributed by atoms with van der Waals surface area (Å²) in [5, 5.41) is 3.79. The van der Waals surface area contributed by atoms with E-state index in [0.29, 0.717) is 20.8 Å². The van der Waals surface area contributed by atoms with Gasteiger partial charge in [0.05, 0.1) is 17.3 Å². The van der Waals surface area contributed by atoms with Gasteiger partial charge in [0.1, 0.15) is 16.4 Å². The number of hydrogen-bond donors (Lipinski definition) is 2. The van der Waals surface area contributed by atoms with E-state index in [2.05, 4.69) is 26.2 Å². The van der Waals surface area contributed by atoms with Crippen molar-refractivity contribution in [1.29, 1.82) is 0 Å². The molecule has 0 saturated heterocycles. The number of hydrogen-bond acceptors (Lipinski definition) is 6. The van der Waals surface area contributed by atoms with Crippen molar-refractivity contribution in [3.8, 4) is 11.1 Å². The second-order valence-electron chi connectivity index (χ2n) is 8.23. The number of rotatable bonds is 5. The van der Waals surface area contributed by atoms with Gasteiger partial charge < -0.3 is 11.1 Å². The lowest BCUT2D eigenvalue weighted by Crippen LogP contribution is -2.28. The first-order chi connectivity index (χ1) is 16.3. The highest BCUT2D eigenvalue weighted by Gasteiger charge is 2.25. The smallest absolute Gasteiger partial charge is 0.263 e. The summed E-state index contributed by atoms with van der Waals surface area (Å²) < 4.78 is 2.26. The third-order valence-corrected chi connectivity index (χ3v) is 8.72. The van der Waals surface area contributed by atoms with Gasteiger partial charge in [-0.25, -0.2) is 4.98 Å². The van der Waals surface area contributed by atoms with Crippen molar-refractivity contribution in [3.05, 3.63) is 66.3 Å². The van der Waals surface area contributed by atoms with Gasteiger partial charge in [-0.3, -0.25) is 19.0 Å². The van der Waals surface area contributed by atoms with Crippen LogP contribution in [0.2, 0.25) is 0 Å². The first-order valence-electron chi connectivity index (χ1n) is 10.8. The minimum Gasteiger partial charge on any atom is -0.365 e. The number of fused-ring (bicyclic) bond motifs is 2. The van der Waals surface area contributed by atoms with E-state index in [0.717, 1.165) is 56.6 Å². The number of carbonyl (C=O) groups excluding carboxylic acids is 2. The van der Waals surface area contributed by atoms with Gasteiger partial charge in [-0.1, -0.05) is 28.1 Å². The van der Waals surface area contributed by atoms with E-state index in [1.807, 2.05) is 31.2 Å². The summed E-state index contributed by atoms with van der Waals surface area (Å²) in [7, 11) is 0. The predicted molar refractivity (Wildman–Crippen MR) is 140 cm³/mol. The molecule has 0 unspecified atom stereocenters. The van der Waals surface area contributed by atoms with Gasteiger partial charge in [-0.15, -0.1) is 22.7 Å². The third kappa shape index (κ3) is 4.10. The molecule has 0 aliphatic heterocycles. The first kappa shape index (κ1) is 22.9. The summed E-state index contributed by atoms with van der Waals surface area (Å²) in [4.78, 5) is 45.6. The van der Waals surface area contributed by atoms with Gasteiger partial charge in [0.2, 0.25) is 5.91 Å². The van der Waals surface area contributed by atoms with E-state index in [-0.39, 0.29) is 12.1 Å². The predicted octanol–water partition coefficient (Wildman–Crippen LogP) is 4.87. The Kier molecular flexibility index (Phi) is 6.13. The first-order valence-corrected chi connectivity index (χ1v) is 13.2. The molecule has 10 heteroatoms. The number of thiophene rings is 2. The van der Waals surface area contributed by atoms with Crippen LogP contribution in [-0.2, 0) is 24.2 Å². The molecule has 0 fully saturated rings. The number of nitrogens with zero attached hydrogens (tertiary/aromatic N) is 2. The number of amides is 2. The summed E-state index contributed by atoms with van der Waals surface area (Å²) in [6.45, 7) is 1.75. The molecule has 1 aliphatic carbocycles. The molecule has 0 spiro atoms. The molecular formula is C24H21BrN4O3S2. The van der Waals surface area contributed by atoms with Crippen LogP contribution in [0.3, 0.4) is 0 Å². The Hall–Kier alpha value is -2.82. The largest absolute Gasteiger partial charge is 0.365 e. The molecule has 2 amide bonds. The van der Waals surface area contributed by atoms with Gasteiger partial charge >= 0.3 is 0 Å². The van der Waals surface area contributed by atoms with Crippen LogP contribution in [0.15, 0.2) is 39.9 Å². The van der Waals surface area contributed by atoms with Crippen LogP contribution >= 0.6 is 38.6 Å². The Morgan fingerprint density at radius 2 is 1.91 bits per heavy atom. The number of aromatic nitrogens is 2. The lowest BCUT2D eigenvalue weighted by atomic mass is 9.95. The molecule has 3 aromatic heterocycles. The lowest BCUT2D eigenvalue weighted by Gasteiger charge is -2.11. The molecular weight excluding hydrogens is 536 g/mol. The van der Waals surface area contributed by atoms with Crippen LogP contribution in [0.4, 0.5) is 5.00 Å². The molecule has 1 aromatic carbocycles. The van der Waals surface area contributed by atoms with Gasteiger partial charge in [0, 0.05) is 19.8 Å². The van der Waals surface area contributed by atoms with Crippen LogP contribution < -0.4 is 16.6 Å². The Morgan fingerprint density at radius 3 is 2.65 bits per heavy atom. The minimum atomic E-state index is -0.539. The van der Waals surface area contributed by atoms with Gasteiger partial charge in [0.15, 0.2) is 0 Å². The van der Waals surface area contributed by atoms with E-state index in [4.69, 9.17) is 5.73 Å². The second kappa shape index (κ2) is 9.09. The number of halogens is 1. The number of carbonyl (C=O) groups is 2. The highest BCUT2D eigenvalue weighted by molar-refractivity contribution is 9.10. The van der Waals surface area contributed by atoms with Gasteiger partial charge in [-0.05, 0) is 55.9 Å². The molecule has 5 rings (SSSR count). The zero-order valence-electron chi connectivity index (χ0n) is 18.3. The minimum absolute atomic E-state index is 0.211. The molecule has 3 N–H and O–H groups in total. The van der Waals surface area contributed by atoms with Crippen LogP contribution in [0.5, 0.6) is 0 Å². The number of anilines is 1. The Labute approximate surface area is 211 Å². The van der Waals surface area contributed by atoms with Crippen LogP contribution in [0.1, 0.15) is 38.5 Å². The zero-order chi connectivity index (χ0) is 24.0. The summed E-state index contributed by atoms with van der Waals surface area (Å²) in [5.41, 5.74) is 8.46. The van der Waals surface area contributed by atoms with Crippen molar-refractivity contribution < 1.29 is 9.59 Å². The zero-order valence-corrected chi connectivity index (χ0v) is 21.5. The van der Waals surface area contributed by atoms with E-state index >= 15 is 0 Å². The van der Waals surface area contributed by atoms with E-state index < -0.39 is 11.8 Å². The fraction of sp³-hybridized carbons (Fsp3) is 0.250. The number of benzene rings is 1. The topological polar surface area (TPSA) is 107 Å². The maximum absolute atomic E-state index is 13.4. The quantitative estimate of drug-likeness (QED) is 0.365. The molecule has 174 valence electrons.